The first-order valence-corrected chi connectivity index (χ1v) is 7.54. The third-order valence-corrected chi connectivity index (χ3v) is 3.28. The minimum Gasteiger partial charge on any atom is -0.484 e. The molecule has 0 saturated heterocycles. The van der Waals surface area contributed by atoms with Crippen molar-refractivity contribution in [2.24, 2.45) is 0 Å². The highest BCUT2D eigenvalue weighted by molar-refractivity contribution is 5.77. The number of carbonyl (C=O) groups is 2. The van der Waals surface area contributed by atoms with Crippen LogP contribution in [0.4, 0.5) is 0 Å². The van der Waals surface area contributed by atoms with Crippen molar-refractivity contribution in [2.75, 3.05) is 20.3 Å². The van der Waals surface area contributed by atoms with Crippen LogP contribution in [-0.2, 0) is 20.7 Å². The molecule has 1 aromatic rings. The van der Waals surface area contributed by atoms with Crippen LogP contribution in [0.15, 0.2) is 24.3 Å². The number of rotatable bonds is 10. The summed E-state index contributed by atoms with van der Waals surface area (Å²) in [5.41, 5.74) is 1.08. The zero-order valence-electron chi connectivity index (χ0n) is 13.6. The van der Waals surface area contributed by atoms with Gasteiger partial charge in [0, 0.05) is 13.5 Å². The minimum absolute atomic E-state index is 0.00931. The third kappa shape index (κ3) is 7.22. The van der Waals surface area contributed by atoms with Crippen molar-refractivity contribution in [2.45, 2.75) is 39.2 Å². The van der Waals surface area contributed by atoms with Crippen molar-refractivity contribution in [1.29, 1.82) is 0 Å². The molecule has 1 atom stereocenters. The molecule has 0 bridgehead atoms. The maximum atomic E-state index is 11.8. The van der Waals surface area contributed by atoms with E-state index in [0.29, 0.717) is 18.8 Å². The van der Waals surface area contributed by atoms with E-state index in [0.717, 1.165) is 18.4 Å². The monoisotopic (exact) mass is 307 g/mol. The molecule has 0 saturated carbocycles. The number of hydrogen-bond acceptors (Lipinski definition) is 4. The van der Waals surface area contributed by atoms with Crippen molar-refractivity contribution in [3.8, 4) is 5.75 Å². The van der Waals surface area contributed by atoms with E-state index in [1.54, 1.807) is 14.0 Å². The van der Waals surface area contributed by atoms with Gasteiger partial charge in [-0.25, -0.2) is 0 Å². The van der Waals surface area contributed by atoms with Crippen molar-refractivity contribution < 1.29 is 19.1 Å². The first-order valence-electron chi connectivity index (χ1n) is 7.54. The van der Waals surface area contributed by atoms with Crippen LogP contribution in [0, 0.1) is 0 Å². The Balaban J connectivity index is 2.37. The Labute approximate surface area is 132 Å². The van der Waals surface area contributed by atoms with E-state index in [4.69, 9.17) is 9.47 Å². The topological polar surface area (TPSA) is 64.6 Å². The standard InChI is InChI=1S/C17H25NO4/c1-4-15(11-21-3)18-17(20)12-22-16-9-7-14(8-10-16)6-5-13(2)19/h7-10,15H,4-6,11-12H2,1-3H3,(H,18,20). The van der Waals surface area contributed by atoms with E-state index in [1.165, 1.54) is 0 Å². The number of nitrogens with one attached hydrogen (secondary N) is 1. The van der Waals surface area contributed by atoms with E-state index in [1.807, 2.05) is 31.2 Å². The predicted octanol–water partition coefficient (Wildman–Crippen LogP) is 2.13. The van der Waals surface area contributed by atoms with Gasteiger partial charge in [0.25, 0.3) is 5.91 Å². The van der Waals surface area contributed by atoms with Crippen LogP contribution in [0.1, 0.15) is 32.3 Å². The molecular formula is C17H25NO4. The molecule has 1 unspecified atom stereocenters. The first-order chi connectivity index (χ1) is 10.5. The molecule has 1 rings (SSSR count). The highest BCUT2D eigenvalue weighted by atomic mass is 16.5. The second-order valence-electron chi connectivity index (χ2n) is 5.26. The molecule has 0 fully saturated rings. The number of methoxy groups -OCH3 is 1. The van der Waals surface area contributed by atoms with E-state index in [2.05, 4.69) is 5.32 Å². The second kappa shape index (κ2) is 9.95. The summed E-state index contributed by atoms with van der Waals surface area (Å²) in [6.45, 7) is 4.05. The van der Waals surface area contributed by atoms with Gasteiger partial charge in [-0.15, -0.1) is 0 Å². The molecule has 1 aromatic carbocycles. The summed E-state index contributed by atoms with van der Waals surface area (Å²) in [5.74, 6) is 0.657. The van der Waals surface area contributed by atoms with Crippen LogP contribution < -0.4 is 10.1 Å². The zero-order valence-corrected chi connectivity index (χ0v) is 13.6. The lowest BCUT2D eigenvalue weighted by Gasteiger charge is -2.16. The number of benzene rings is 1. The van der Waals surface area contributed by atoms with E-state index in [9.17, 15) is 9.59 Å². The molecule has 0 radical (unpaired) electrons. The van der Waals surface area contributed by atoms with Gasteiger partial charge in [-0.05, 0) is 37.5 Å². The van der Waals surface area contributed by atoms with Gasteiger partial charge < -0.3 is 19.6 Å². The van der Waals surface area contributed by atoms with Gasteiger partial charge in [0.15, 0.2) is 6.61 Å². The molecule has 0 aliphatic carbocycles. The summed E-state index contributed by atoms with van der Waals surface area (Å²) in [7, 11) is 1.61. The Morgan fingerprint density at radius 1 is 1.23 bits per heavy atom. The highest BCUT2D eigenvalue weighted by Gasteiger charge is 2.10. The molecule has 5 nitrogen and oxygen atoms in total. The van der Waals surface area contributed by atoms with Crippen molar-refractivity contribution in [1.82, 2.24) is 5.32 Å². The highest BCUT2D eigenvalue weighted by Crippen LogP contribution is 2.13. The summed E-state index contributed by atoms with van der Waals surface area (Å²) in [6.07, 6.45) is 2.08. The fourth-order valence-corrected chi connectivity index (χ4v) is 1.95. The van der Waals surface area contributed by atoms with Gasteiger partial charge in [-0.3, -0.25) is 4.79 Å². The fourth-order valence-electron chi connectivity index (χ4n) is 1.95. The zero-order chi connectivity index (χ0) is 16.4. The van der Waals surface area contributed by atoms with Crippen molar-refractivity contribution >= 4 is 11.7 Å². The van der Waals surface area contributed by atoms with Gasteiger partial charge in [0.2, 0.25) is 0 Å². The molecular weight excluding hydrogens is 282 g/mol. The number of hydrogen-bond donors (Lipinski definition) is 1. The van der Waals surface area contributed by atoms with E-state index < -0.39 is 0 Å². The van der Waals surface area contributed by atoms with Gasteiger partial charge in [0.1, 0.15) is 11.5 Å². The van der Waals surface area contributed by atoms with Crippen LogP contribution in [0.5, 0.6) is 5.75 Å². The maximum absolute atomic E-state index is 11.8. The maximum Gasteiger partial charge on any atom is 0.258 e. The molecule has 0 heterocycles. The summed E-state index contributed by atoms with van der Waals surface area (Å²) < 4.78 is 10.5. The number of carbonyl (C=O) groups excluding carboxylic acids is 2. The largest absolute Gasteiger partial charge is 0.484 e. The Morgan fingerprint density at radius 2 is 1.91 bits per heavy atom. The quantitative estimate of drug-likeness (QED) is 0.719. The predicted molar refractivity (Wildman–Crippen MR) is 85.0 cm³/mol. The number of Topliss-reactive ketones (excluding diaryl/α,β-unsaturated/α-hetero) is 1. The van der Waals surface area contributed by atoms with Crippen molar-refractivity contribution in [3.63, 3.8) is 0 Å². The lowest BCUT2D eigenvalue weighted by Crippen LogP contribution is -2.40. The lowest BCUT2D eigenvalue weighted by atomic mass is 10.1. The SMILES string of the molecule is CCC(COC)NC(=O)COc1ccc(CCC(C)=O)cc1. The van der Waals surface area contributed by atoms with Gasteiger partial charge in [-0.1, -0.05) is 19.1 Å². The third-order valence-electron chi connectivity index (χ3n) is 3.28. The summed E-state index contributed by atoms with van der Waals surface area (Å²) in [6, 6.07) is 7.46. The molecule has 0 aliphatic heterocycles. The number of ether oxygens (including phenoxy) is 2. The number of amides is 1. The molecule has 1 N–H and O–H groups in total. The molecule has 0 spiro atoms. The second-order valence-corrected chi connectivity index (χ2v) is 5.26. The molecule has 0 aromatic heterocycles. The normalized spacial score (nSPS) is 11.8. The van der Waals surface area contributed by atoms with Crippen LogP contribution in [0.2, 0.25) is 0 Å². The van der Waals surface area contributed by atoms with Crippen LogP contribution >= 0.6 is 0 Å². The molecule has 1 amide bonds. The van der Waals surface area contributed by atoms with Crippen LogP contribution in [0.3, 0.4) is 0 Å². The summed E-state index contributed by atoms with van der Waals surface area (Å²) in [4.78, 5) is 22.7. The summed E-state index contributed by atoms with van der Waals surface area (Å²) >= 11 is 0. The molecule has 5 heteroatoms. The van der Waals surface area contributed by atoms with Crippen LogP contribution in [-0.4, -0.2) is 38.1 Å². The Kier molecular flexibility index (Phi) is 8.22. The van der Waals surface area contributed by atoms with Crippen LogP contribution in [0.25, 0.3) is 0 Å². The van der Waals surface area contributed by atoms with Gasteiger partial charge in [-0.2, -0.15) is 0 Å². The smallest absolute Gasteiger partial charge is 0.258 e. The molecule has 0 aliphatic rings. The van der Waals surface area contributed by atoms with Crippen molar-refractivity contribution in [3.05, 3.63) is 29.8 Å². The number of aryl methyl sites for hydroxylation is 1. The molecule has 122 valence electrons. The Morgan fingerprint density at radius 3 is 2.45 bits per heavy atom. The fraction of sp³-hybridized carbons (Fsp3) is 0.529. The average Bonchev–Trinajstić information content (AvgIpc) is 2.51. The van der Waals surface area contributed by atoms with E-state index in [-0.39, 0.29) is 24.3 Å². The average molecular weight is 307 g/mol. The summed E-state index contributed by atoms with van der Waals surface area (Å²) in [5, 5.41) is 2.86. The lowest BCUT2D eigenvalue weighted by molar-refractivity contribution is -0.124. The minimum atomic E-state index is -0.162. The van der Waals surface area contributed by atoms with Gasteiger partial charge >= 0.3 is 0 Å². The first kappa shape index (κ1) is 18.2. The number of ketones is 1. The van der Waals surface area contributed by atoms with Gasteiger partial charge in [0.05, 0.1) is 12.6 Å². The van der Waals surface area contributed by atoms with E-state index >= 15 is 0 Å². The Hall–Kier alpha value is -1.88. The Bertz CT molecular complexity index is 470. The molecule has 22 heavy (non-hydrogen) atoms.